The molecule has 104 valence electrons. The van der Waals surface area contributed by atoms with Gasteiger partial charge in [-0.2, -0.15) is 5.26 Å². The smallest absolute Gasteiger partial charge is 0.338 e. The predicted molar refractivity (Wildman–Crippen MR) is 74.2 cm³/mol. The van der Waals surface area contributed by atoms with E-state index in [4.69, 9.17) is 10.00 Å². The molecule has 2 atom stereocenters. The Morgan fingerprint density at radius 1 is 1.25 bits per heavy atom. The van der Waals surface area contributed by atoms with Gasteiger partial charge in [-0.15, -0.1) is 0 Å². The number of nitrogens with zero attached hydrogens (tertiary/aromatic N) is 2. The number of esters is 1. The first-order valence-corrected chi connectivity index (χ1v) is 7.10. The Hall–Kier alpha value is -1.86. The molecule has 2 fully saturated rings. The molecule has 2 unspecified atom stereocenters. The van der Waals surface area contributed by atoms with E-state index >= 15 is 0 Å². The van der Waals surface area contributed by atoms with Crippen molar-refractivity contribution in [2.45, 2.75) is 43.9 Å². The molecule has 2 bridgehead atoms. The van der Waals surface area contributed by atoms with Crippen molar-refractivity contribution in [3.05, 3.63) is 35.4 Å². The van der Waals surface area contributed by atoms with Crippen molar-refractivity contribution in [2.24, 2.45) is 0 Å². The molecular formula is C16H18N2O2. The maximum Gasteiger partial charge on any atom is 0.338 e. The Labute approximate surface area is 118 Å². The first kappa shape index (κ1) is 13.1. The second-order valence-corrected chi connectivity index (χ2v) is 5.74. The summed E-state index contributed by atoms with van der Waals surface area (Å²) in [6, 6.07) is 9.78. The first-order valence-electron chi connectivity index (χ1n) is 7.10. The zero-order valence-electron chi connectivity index (χ0n) is 11.6. The lowest BCUT2D eigenvalue weighted by Crippen LogP contribution is -2.43. The Bertz CT molecular complexity index is 533. The van der Waals surface area contributed by atoms with Gasteiger partial charge < -0.3 is 9.64 Å². The second kappa shape index (κ2) is 5.26. The monoisotopic (exact) mass is 270 g/mol. The molecule has 0 amide bonds. The molecule has 1 aromatic rings. The Kier molecular flexibility index (Phi) is 3.45. The number of ether oxygens (including phenoxy) is 1. The van der Waals surface area contributed by atoms with Gasteiger partial charge in [-0.3, -0.25) is 0 Å². The van der Waals surface area contributed by atoms with Crippen molar-refractivity contribution in [3.63, 3.8) is 0 Å². The molecule has 20 heavy (non-hydrogen) atoms. The van der Waals surface area contributed by atoms with Crippen LogP contribution in [0.25, 0.3) is 0 Å². The van der Waals surface area contributed by atoms with E-state index in [1.807, 2.05) is 6.07 Å². The lowest BCUT2D eigenvalue weighted by molar-refractivity contribution is -0.000447. The average Bonchev–Trinajstić information content (AvgIpc) is 2.69. The Morgan fingerprint density at radius 3 is 2.40 bits per heavy atom. The summed E-state index contributed by atoms with van der Waals surface area (Å²) in [6.45, 7) is 0. The molecule has 3 rings (SSSR count). The van der Waals surface area contributed by atoms with E-state index in [2.05, 4.69) is 11.9 Å². The largest absolute Gasteiger partial charge is 0.459 e. The van der Waals surface area contributed by atoms with E-state index in [1.54, 1.807) is 24.3 Å². The van der Waals surface area contributed by atoms with Crippen LogP contribution in [-0.2, 0) is 4.74 Å². The lowest BCUT2D eigenvalue weighted by Gasteiger charge is -2.35. The quantitative estimate of drug-likeness (QED) is 0.774. The van der Waals surface area contributed by atoms with Crippen LogP contribution in [0.5, 0.6) is 0 Å². The maximum atomic E-state index is 12.1. The van der Waals surface area contributed by atoms with E-state index < -0.39 is 0 Å². The number of hydrogen-bond donors (Lipinski definition) is 0. The summed E-state index contributed by atoms with van der Waals surface area (Å²) in [7, 11) is 2.17. The Morgan fingerprint density at radius 2 is 1.85 bits per heavy atom. The van der Waals surface area contributed by atoms with Gasteiger partial charge in [-0.25, -0.2) is 4.79 Å². The van der Waals surface area contributed by atoms with Crippen LogP contribution in [0.4, 0.5) is 0 Å². The van der Waals surface area contributed by atoms with Gasteiger partial charge in [0.25, 0.3) is 0 Å². The third-order valence-corrected chi connectivity index (χ3v) is 4.58. The SMILES string of the molecule is CN1C2CCC1CC(OC(=O)c1ccc(C#N)cc1)C2. The van der Waals surface area contributed by atoms with Gasteiger partial charge in [-0.1, -0.05) is 0 Å². The summed E-state index contributed by atoms with van der Waals surface area (Å²) in [5, 5.41) is 8.75. The minimum atomic E-state index is -0.275. The second-order valence-electron chi connectivity index (χ2n) is 5.74. The van der Waals surface area contributed by atoms with Crippen LogP contribution >= 0.6 is 0 Å². The highest BCUT2D eigenvalue weighted by atomic mass is 16.5. The fourth-order valence-corrected chi connectivity index (χ4v) is 3.36. The molecule has 1 aromatic carbocycles. The third kappa shape index (κ3) is 2.41. The molecule has 0 radical (unpaired) electrons. The van der Waals surface area contributed by atoms with Crippen molar-refractivity contribution in [3.8, 4) is 6.07 Å². The van der Waals surface area contributed by atoms with Crippen LogP contribution in [-0.4, -0.2) is 36.1 Å². The highest BCUT2D eigenvalue weighted by molar-refractivity contribution is 5.89. The first-order chi connectivity index (χ1) is 9.67. The summed E-state index contributed by atoms with van der Waals surface area (Å²) in [5.74, 6) is -0.275. The molecular weight excluding hydrogens is 252 g/mol. The van der Waals surface area contributed by atoms with Crippen LogP contribution in [0.1, 0.15) is 41.6 Å². The number of carbonyl (C=O) groups is 1. The summed E-state index contributed by atoms with van der Waals surface area (Å²) in [5.41, 5.74) is 1.08. The lowest BCUT2D eigenvalue weighted by atomic mass is 10.0. The summed E-state index contributed by atoms with van der Waals surface area (Å²) in [6.07, 6.45) is 4.34. The van der Waals surface area contributed by atoms with E-state index in [0.29, 0.717) is 23.2 Å². The highest BCUT2D eigenvalue weighted by Gasteiger charge is 2.39. The molecule has 0 spiro atoms. The van der Waals surface area contributed by atoms with Gasteiger partial charge in [0.05, 0.1) is 17.2 Å². The molecule has 0 aromatic heterocycles. The zero-order chi connectivity index (χ0) is 14.1. The van der Waals surface area contributed by atoms with Crippen LogP contribution in [0, 0.1) is 11.3 Å². The minimum absolute atomic E-state index is 0.0341. The number of piperidine rings is 1. The maximum absolute atomic E-state index is 12.1. The number of benzene rings is 1. The van der Waals surface area contributed by atoms with Gasteiger partial charge in [0.1, 0.15) is 6.10 Å². The predicted octanol–water partition coefficient (Wildman–Crippen LogP) is 2.34. The van der Waals surface area contributed by atoms with Gasteiger partial charge in [-0.05, 0) is 44.2 Å². The molecule has 2 aliphatic rings. The fourth-order valence-electron chi connectivity index (χ4n) is 3.36. The minimum Gasteiger partial charge on any atom is -0.459 e. The normalized spacial score (nSPS) is 28.9. The van der Waals surface area contributed by atoms with Crippen molar-refractivity contribution >= 4 is 5.97 Å². The van der Waals surface area contributed by atoms with Crippen LogP contribution in [0.2, 0.25) is 0 Å². The van der Waals surface area contributed by atoms with Gasteiger partial charge in [0.15, 0.2) is 0 Å². The third-order valence-electron chi connectivity index (χ3n) is 4.58. The summed E-state index contributed by atoms with van der Waals surface area (Å²) >= 11 is 0. The molecule has 0 saturated carbocycles. The van der Waals surface area contributed by atoms with E-state index in [0.717, 1.165) is 12.8 Å². The van der Waals surface area contributed by atoms with Gasteiger partial charge in [0.2, 0.25) is 0 Å². The zero-order valence-corrected chi connectivity index (χ0v) is 11.6. The van der Waals surface area contributed by atoms with Crippen molar-refractivity contribution in [2.75, 3.05) is 7.05 Å². The van der Waals surface area contributed by atoms with Crippen LogP contribution in [0.15, 0.2) is 24.3 Å². The molecule has 2 heterocycles. The molecule has 0 aliphatic carbocycles. The van der Waals surface area contributed by atoms with Crippen LogP contribution < -0.4 is 0 Å². The molecule has 2 saturated heterocycles. The number of nitriles is 1. The molecule has 0 N–H and O–H groups in total. The summed E-state index contributed by atoms with van der Waals surface area (Å²) in [4.78, 5) is 14.5. The standard InChI is InChI=1S/C16H18N2O2/c1-18-13-6-7-14(18)9-15(8-13)20-16(19)12-4-2-11(10-17)3-5-12/h2-5,13-15H,6-9H2,1H3. The number of rotatable bonds is 2. The van der Waals surface area contributed by atoms with E-state index in [9.17, 15) is 4.79 Å². The van der Waals surface area contributed by atoms with Crippen molar-refractivity contribution in [1.29, 1.82) is 5.26 Å². The molecule has 4 heteroatoms. The topological polar surface area (TPSA) is 53.3 Å². The Balaban J connectivity index is 1.63. The van der Waals surface area contributed by atoms with Gasteiger partial charge in [0, 0.05) is 24.9 Å². The fraction of sp³-hybridized carbons (Fsp3) is 0.500. The summed E-state index contributed by atoms with van der Waals surface area (Å²) < 4.78 is 5.63. The van der Waals surface area contributed by atoms with E-state index in [1.165, 1.54) is 12.8 Å². The average molecular weight is 270 g/mol. The highest BCUT2D eigenvalue weighted by Crippen LogP contribution is 2.35. The molecule has 2 aliphatic heterocycles. The number of hydrogen-bond acceptors (Lipinski definition) is 4. The number of fused-ring (bicyclic) bond motifs is 2. The number of carbonyl (C=O) groups excluding carboxylic acids is 1. The van der Waals surface area contributed by atoms with Crippen molar-refractivity contribution in [1.82, 2.24) is 4.90 Å². The van der Waals surface area contributed by atoms with Gasteiger partial charge >= 0.3 is 5.97 Å². The van der Waals surface area contributed by atoms with Crippen LogP contribution in [0.3, 0.4) is 0 Å². The van der Waals surface area contributed by atoms with E-state index in [-0.39, 0.29) is 12.1 Å². The van der Waals surface area contributed by atoms with Crippen molar-refractivity contribution < 1.29 is 9.53 Å². The molecule has 4 nitrogen and oxygen atoms in total.